The van der Waals surface area contributed by atoms with E-state index in [1.54, 1.807) is 0 Å². The summed E-state index contributed by atoms with van der Waals surface area (Å²) in [7, 11) is 0. The van der Waals surface area contributed by atoms with Crippen molar-refractivity contribution in [3.8, 4) is 20.9 Å². The summed E-state index contributed by atoms with van der Waals surface area (Å²) >= 11 is 3.75. The second kappa shape index (κ2) is 4.71. The highest BCUT2D eigenvalue weighted by Crippen LogP contribution is 2.39. The minimum atomic E-state index is 1.31. The van der Waals surface area contributed by atoms with E-state index >= 15 is 0 Å². The summed E-state index contributed by atoms with van der Waals surface area (Å²) in [5.41, 5.74) is 2.67. The van der Waals surface area contributed by atoms with Gasteiger partial charge in [-0.1, -0.05) is 30.3 Å². The molecule has 3 aromatic rings. The van der Waals surface area contributed by atoms with Crippen LogP contribution in [-0.2, 0) is 0 Å². The van der Waals surface area contributed by atoms with Gasteiger partial charge in [-0.2, -0.15) is 0 Å². The molecule has 2 heteroatoms. The van der Waals surface area contributed by atoms with Gasteiger partial charge in [-0.3, -0.25) is 0 Å². The van der Waals surface area contributed by atoms with Crippen LogP contribution in [0.15, 0.2) is 48.5 Å². The monoisotopic (exact) mass is 270 g/mol. The second-order valence-corrected chi connectivity index (χ2v) is 6.90. The Labute approximate surface area is 116 Å². The molecule has 1 aromatic carbocycles. The fraction of sp³-hybridized carbons (Fsp3) is 0.125. The molecule has 0 fully saturated rings. The molecule has 0 saturated carbocycles. The van der Waals surface area contributed by atoms with Gasteiger partial charge in [-0.25, -0.2) is 0 Å². The fourth-order valence-corrected chi connectivity index (χ4v) is 4.07. The van der Waals surface area contributed by atoms with Crippen molar-refractivity contribution in [2.24, 2.45) is 0 Å². The van der Waals surface area contributed by atoms with E-state index < -0.39 is 0 Å². The molecule has 0 radical (unpaired) electrons. The summed E-state index contributed by atoms with van der Waals surface area (Å²) in [6.07, 6.45) is 0. The van der Waals surface area contributed by atoms with Gasteiger partial charge in [0.05, 0.1) is 0 Å². The first-order valence-electron chi connectivity index (χ1n) is 5.97. The molecule has 90 valence electrons. The number of thiophene rings is 2. The smallest absolute Gasteiger partial charge is 0.0451 e. The maximum Gasteiger partial charge on any atom is 0.0451 e. The zero-order valence-electron chi connectivity index (χ0n) is 10.4. The van der Waals surface area contributed by atoms with E-state index in [0.717, 1.165) is 0 Å². The molecular weight excluding hydrogens is 256 g/mol. The third kappa shape index (κ3) is 2.14. The molecule has 0 amide bonds. The van der Waals surface area contributed by atoms with Crippen LogP contribution in [0.4, 0.5) is 0 Å². The first-order chi connectivity index (χ1) is 8.74. The average Bonchev–Trinajstić information content (AvgIpc) is 2.97. The van der Waals surface area contributed by atoms with Crippen molar-refractivity contribution in [2.75, 3.05) is 0 Å². The number of benzene rings is 1. The predicted molar refractivity (Wildman–Crippen MR) is 82.5 cm³/mol. The van der Waals surface area contributed by atoms with Gasteiger partial charge in [0.2, 0.25) is 0 Å². The number of rotatable bonds is 2. The molecule has 0 bridgehead atoms. The number of hydrogen-bond donors (Lipinski definition) is 0. The summed E-state index contributed by atoms with van der Waals surface area (Å²) in [6.45, 7) is 4.36. The van der Waals surface area contributed by atoms with Gasteiger partial charge >= 0.3 is 0 Å². The zero-order chi connectivity index (χ0) is 12.5. The molecule has 0 aliphatic heterocycles. The van der Waals surface area contributed by atoms with Gasteiger partial charge in [0.15, 0.2) is 0 Å². The summed E-state index contributed by atoms with van der Waals surface area (Å²) in [4.78, 5) is 5.52. The molecule has 0 N–H and O–H groups in total. The zero-order valence-corrected chi connectivity index (χ0v) is 12.1. The third-order valence-electron chi connectivity index (χ3n) is 2.99. The fourth-order valence-electron chi connectivity index (χ4n) is 2.07. The van der Waals surface area contributed by atoms with E-state index in [4.69, 9.17) is 0 Å². The average molecular weight is 270 g/mol. The first kappa shape index (κ1) is 11.7. The Balaban J connectivity index is 2.06. The molecular formula is C16H14S2. The minimum Gasteiger partial charge on any atom is -0.140 e. The Morgan fingerprint density at radius 2 is 1.56 bits per heavy atom. The Bertz CT molecular complexity index is 659. The van der Waals surface area contributed by atoms with Crippen molar-refractivity contribution in [2.45, 2.75) is 13.8 Å². The highest BCUT2D eigenvalue weighted by molar-refractivity contribution is 7.22. The molecule has 18 heavy (non-hydrogen) atoms. The van der Waals surface area contributed by atoms with Crippen LogP contribution < -0.4 is 0 Å². The lowest BCUT2D eigenvalue weighted by Crippen LogP contribution is -1.74. The van der Waals surface area contributed by atoms with Crippen LogP contribution in [0.5, 0.6) is 0 Å². The third-order valence-corrected chi connectivity index (χ3v) is 5.23. The van der Waals surface area contributed by atoms with Crippen molar-refractivity contribution < 1.29 is 0 Å². The quantitative estimate of drug-likeness (QED) is 0.555. The highest BCUT2D eigenvalue weighted by atomic mass is 32.1. The topological polar surface area (TPSA) is 0 Å². The van der Waals surface area contributed by atoms with Crippen LogP contribution in [0, 0.1) is 13.8 Å². The Kier molecular flexibility index (Phi) is 3.06. The second-order valence-electron chi connectivity index (χ2n) is 4.36. The largest absolute Gasteiger partial charge is 0.140 e. The molecule has 0 aliphatic rings. The summed E-state index contributed by atoms with van der Waals surface area (Å²) in [6, 6.07) is 17.4. The Hall–Kier alpha value is -1.38. The molecule has 0 nitrogen and oxygen atoms in total. The first-order valence-corrected chi connectivity index (χ1v) is 7.60. The van der Waals surface area contributed by atoms with Crippen LogP contribution in [0.2, 0.25) is 0 Å². The summed E-state index contributed by atoms with van der Waals surface area (Å²) < 4.78 is 0. The van der Waals surface area contributed by atoms with Crippen molar-refractivity contribution in [1.82, 2.24) is 0 Å². The highest BCUT2D eigenvalue weighted by Gasteiger charge is 2.10. The van der Waals surface area contributed by atoms with E-state index in [1.807, 2.05) is 22.7 Å². The van der Waals surface area contributed by atoms with E-state index in [-0.39, 0.29) is 0 Å². The van der Waals surface area contributed by atoms with E-state index in [9.17, 15) is 0 Å². The lowest BCUT2D eigenvalue weighted by Gasteiger charge is -1.97. The van der Waals surface area contributed by atoms with Crippen molar-refractivity contribution >= 4 is 22.7 Å². The van der Waals surface area contributed by atoms with E-state index in [1.165, 1.54) is 30.6 Å². The van der Waals surface area contributed by atoms with Crippen LogP contribution in [0.1, 0.15) is 9.75 Å². The van der Waals surface area contributed by atoms with Gasteiger partial charge in [0.25, 0.3) is 0 Å². The van der Waals surface area contributed by atoms with Crippen molar-refractivity contribution in [3.05, 3.63) is 58.3 Å². The molecule has 2 heterocycles. The Morgan fingerprint density at radius 1 is 0.778 bits per heavy atom. The molecule has 0 atom stereocenters. The lowest BCUT2D eigenvalue weighted by molar-refractivity contribution is 1.58. The van der Waals surface area contributed by atoms with Crippen molar-refractivity contribution in [3.63, 3.8) is 0 Å². The van der Waals surface area contributed by atoms with Gasteiger partial charge < -0.3 is 0 Å². The standard InChI is InChI=1S/C16H14S2/c1-11-8-9-15(17-11)16-10-14(12(2)18-16)13-6-4-3-5-7-13/h3-10H,1-2H3. The number of aryl methyl sites for hydroxylation is 2. The van der Waals surface area contributed by atoms with E-state index in [2.05, 4.69) is 62.4 Å². The summed E-state index contributed by atoms with van der Waals surface area (Å²) in [5, 5.41) is 0. The van der Waals surface area contributed by atoms with Gasteiger partial charge in [0, 0.05) is 19.5 Å². The van der Waals surface area contributed by atoms with Crippen LogP contribution >= 0.6 is 22.7 Å². The molecule has 0 saturated heterocycles. The minimum absolute atomic E-state index is 1.31. The van der Waals surface area contributed by atoms with Crippen LogP contribution in [-0.4, -0.2) is 0 Å². The maximum atomic E-state index is 2.32. The van der Waals surface area contributed by atoms with Gasteiger partial charge in [-0.15, -0.1) is 22.7 Å². The molecule has 0 spiro atoms. The molecule has 3 rings (SSSR count). The van der Waals surface area contributed by atoms with Gasteiger partial charge in [0.1, 0.15) is 0 Å². The normalized spacial score (nSPS) is 10.8. The number of hydrogen-bond acceptors (Lipinski definition) is 2. The molecule has 0 unspecified atom stereocenters. The Morgan fingerprint density at radius 3 is 2.22 bits per heavy atom. The maximum absolute atomic E-state index is 2.32. The van der Waals surface area contributed by atoms with Crippen LogP contribution in [0.25, 0.3) is 20.9 Å². The SMILES string of the molecule is Cc1ccc(-c2cc(-c3ccccc3)c(C)s2)s1. The van der Waals surface area contributed by atoms with Crippen molar-refractivity contribution in [1.29, 1.82) is 0 Å². The van der Waals surface area contributed by atoms with Gasteiger partial charge in [-0.05, 0) is 43.2 Å². The molecule has 0 aliphatic carbocycles. The molecule has 2 aromatic heterocycles. The van der Waals surface area contributed by atoms with Crippen LogP contribution in [0.3, 0.4) is 0 Å². The predicted octanol–water partition coefficient (Wildman–Crippen LogP) is 5.76. The summed E-state index contributed by atoms with van der Waals surface area (Å²) in [5.74, 6) is 0. The van der Waals surface area contributed by atoms with E-state index in [0.29, 0.717) is 0 Å². The lowest BCUT2D eigenvalue weighted by atomic mass is 10.1.